The summed E-state index contributed by atoms with van der Waals surface area (Å²) in [5.41, 5.74) is 19.1. The van der Waals surface area contributed by atoms with Gasteiger partial charge in [-0.25, -0.2) is 0 Å². The molecular weight excluding hydrogens is 759 g/mol. The first-order chi connectivity index (χ1) is 30.8. The van der Waals surface area contributed by atoms with Gasteiger partial charge in [0.25, 0.3) is 0 Å². The molecule has 12 rings (SSSR count). The second kappa shape index (κ2) is 14.6. The smallest absolute Gasteiger partial charge is 0.0707 e. The predicted molar refractivity (Wildman–Crippen MR) is 262 cm³/mol. The molecule has 2 bridgehead atoms. The molecule has 0 saturated heterocycles. The van der Waals surface area contributed by atoms with Crippen molar-refractivity contribution in [3.05, 3.63) is 245 Å². The van der Waals surface area contributed by atoms with E-state index in [0.29, 0.717) is 5.92 Å². The molecule has 2 saturated carbocycles. The monoisotopic (exact) mass is 813 g/mol. The van der Waals surface area contributed by atoms with E-state index in [1.54, 1.807) is 0 Å². The number of hydrogen-bond donors (Lipinski definition) is 0. The molecule has 4 aliphatic carbocycles. The van der Waals surface area contributed by atoms with Crippen LogP contribution in [-0.4, -0.2) is 0 Å². The molecule has 8 aromatic carbocycles. The number of benzene rings is 8. The summed E-state index contributed by atoms with van der Waals surface area (Å²) >= 11 is 0. The van der Waals surface area contributed by atoms with Crippen molar-refractivity contribution in [3.8, 4) is 22.3 Å². The summed E-state index contributed by atoms with van der Waals surface area (Å²) in [5, 5.41) is 0. The van der Waals surface area contributed by atoms with Crippen molar-refractivity contribution in [1.82, 2.24) is 0 Å². The molecule has 1 nitrogen and oxygen atoms in total. The fourth-order valence-electron chi connectivity index (χ4n) is 13.3. The van der Waals surface area contributed by atoms with Crippen LogP contribution in [0.25, 0.3) is 22.3 Å². The van der Waals surface area contributed by atoms with Gasteiger partial charge in [0.1, 0.15) is 0 Å². The highest BCUT2D eigenvalue weighted by Crippen LogP contribution is 2.62. The first kappa shape index (κ1) is 38.3. The average molecular weight is 814 g/mol. The summed E-state index contributed by atoms with van der Waals surface area (Å²) in [7, 11) is 0. The lowest BCUT2D eigenvalue weighted by atomic mass is 9.49. The first-order valence-corrected chi connectivity index (χ1v) is 23.4. The summed E-state index contributed by atoms with van der Waals surface area (Å²) in [4.78, 5) is 2.55. The van der Waals surface area contributed by atoms with Gasteiger partial charge in [-0.15, -0.1) is 0 Å². The van der Waals surface area contributed by atoms with Crippen LogP contribution in [0.4, 0.5) is 17.1 Å². The van der Waals surface area contributed by atoms with Crippen LogP contribution >= 0.6 is 0 Å². The second-order valence-electron chi connectivity index (χ2n) is 19.8. The SMILES string of the molecule is CC1(C)c2ccccc2-c2ccc(N(c3ccc(-c4ccccc4)cc3)c3ccc4c(c3)[C@@](C)([C@H]3C[C@@H]5CC[C@@H](C5)C3)c3ccccc3C4(c3ccccc3)c3ccccc3)cc21. The van der Waals surface area contributed by atoms with Crippen LogP contribution in [0.15, 0.2) is 200 Å². The second-order valence-corrected chi connectivity index (χ2v) is 19.8. The van der Waals surface area contributed by atoms with Crippen molar-refractivity contribution in [2.45, 2.75) is 69.1 Å². The molecule has 0 radical (unpaired) electrons. The van der Waals surface area contributed by atoms with Gasteiger partial charge in [-0.05, 0) is 140 Å². The van der Waals surface area contributed by atoms with E-state index in [9.17, 15) is 0 Å². The maximum atomic E-state index is 2.64. The molecule has 0 spiro atoms. The van der Waals surface area contributed by atoms with Crippen LogP contribution in [-0.2, 0) is 16.2 Å². The third-order valence-corrected chi connectivity index (χ3v) is 16.3. The lowest BCUT2D eigenvalue weighted by Gasteiger charge is -2.53. The Bertz CT molecular complexity index is 2930. The molecule has 0 aromatic heterocycles. The van der Waals surface area contributed by atoms with E-state index in [4.69, 9.17) is 0 Å². The van der Waals surface area contributed by atoms with E-state index in [1.807, 2.05) is 0 Å². The maximum Gasteiger partial charge on any atom is 0.0707 e. The van der Waals surface area contributed by atoms with Crippen LogP contribution < -0.4 is 4.90 Å². The Balaban J connectivity index is 1.12. The summed E-state index contributed by atoms with van der Waals surface area (Å²) in [6, 6.07) is 76.2. The number of hydrogen-bond acceptors (Lipinski definition) is 1. The topological polar surface area (TPSA) is 3.24 Å². The normalized spacial score (nSPS) is 22.0. The molecule has 8 aromatic rings. The predicted octanol–water partition coefficient (Wildman–Crippen LogP) is 16.0. The van der Waals surface area contributed by atoms with Gasteiger partial charge in [-0.2, -0.15) is 0 Å². The van der Waals surface area contributed by atoms with Gasteiger partial charge in [-0.1, -0.05) is 197 Å². The molecule has 4 atom stereocenters. The van der Waals surface area contributed by atoms with Crippen LogP contribution in [0.5, 0.6) is 0 Å². The largest absolute Gasteiger partial charge is 0.310 e. The highest BCUT2D eigenvalue weighted by molar-refractivity contribution is 5.87. The molecule has 2 fully saturated rings. The minimum atomic E-state index is -0.494. The molecular formula is C62H55N. The van der Waals surface area contributed by atoms with Gasteiger partial charge in [0.15, 0.2) is 0 Å². The van der Waals surface area contributed by atoms with Crippen molar-refractivity contribution in [1.29, 1.82) is 0 Å². The van der Waals surface area contributed by atoms with Crippen LogP contribution in [0.3, 0.4) is 0 Å². The van der Waals surface area contributed by atoms with Crippen molar-refractivity contribution < 1.29 is 0 Å². The van der Waals surface area contributed by atoms with Gasteiger partial charge in [-0.3, -0.25) is 0 Å². The quantitative estimate of drug-likeness (QED) is 0.155. The van der Waals surface area contributed by atoms with E-state index < -0.39 is 5.41 Å². The highest BCUT2D eigenvalue weighted by atomic mass is 15.1. The zero-order valence-electron chi connectivity index (χ0n) is 36.8. The molecule has 0 N–H and O–H groups in total. The fourth-order valence-corrected chi connectivity index (χ4v) is 13.3. The van der Waals surface area contributed by atoms with Crippen molar-refractivity contribution in [3.63, 3.8) is 0 Å². The summed E-state index contributed by atoms with van der Waals surface area (Å²) < 4.78 is 0. The maximum absolute atomic E-state index is 2.64. The zero-order chi connectivity index (χ0) is 42.3. The average Bonchev–Trinajstić information content (AvgIpc) is 3.80. The molecule has 0 aliphatic heterocycles. The van der Waals surface area contributed by atoms with Crippen molar-refractivity contribution >= 4 is 17.1 Å². The van der Waals surface area contributed by atoms with Gasteiger partial charge in [0.05, 0.1) is 5.41 Å². The fraction of sp³-hybridized carbons (Fsp3) is 0.226. The molecule has 63 heavy (non-hydrogen) atoms. The zero-order valence-corrected chi connectivity index (χ0v) is 36.8. The first-order valence-electron chi connectivity index (χ1n) is 23.4. The number of anilines is 3. The van der Waals surface area contributed by atoms with Gasteiger partial charge >= 0.3 is 0 Å². The molecule has 308 valence electrons. The number of fused-ring (bicyclic) bond motifs is 7. The van der Waals surface area contributed by atoms with Gasteiger partial charge < -0.3 is 4.90 Å². The van der Waals surface area contributed by atoms with Crippen LogP contribution in [0.2, 0.25) is 0 Å². The third-order valence-electron chi connectivity index (χ3n) is 16.3. The van der Waals surface area contributed by atoms with Crippen molar-refractivity contribution in [2.24, 2.45) is 17.8 Å². The van der Waals surface area contributed by atoms with Gasteiger partial charge in [0.2, 0.25) is 0 Å². The molecule has 1 heteroatoms. The third kappa shape index (κ3) is 5.75. The Morgan fingerprint density at radius 1 is 0.381 bits per heavy atom. The minimum absolute atomic E-state index is 0.117. The summed E-state index contributed by atoms with van der Waals surface area (Å²) in [5.74, 6) is 2.18. The van der Waals surface area contributed by atoms with E-state index >= 15 is 0 Å². The van der Waals surface area contributed by atoms with Gasteiger partial charge in [0, 0.05) is 27.9 Å². The van der Waals surface area contributed by atoms with E-state index in [2.05, 4.69) is 226 Å². The minimum Gasteiger partial charge on any atom is -0.310 e. The lowest BCUT2D eigenvalue weighted by Crippen LogP contribution is -2.47. The Labute approximate surface area is 374 Å². The Hall–Kier alpha value is -6.44. The molecule has 0 unspecified atom stereocenters. The Morgan fingerprint density at radius 3 is 1.51 bits per heavy atom. The lowest BCUT2D eigenvalue weighted by molar-refractivity contribution is 0.187. The Kier molecular flexibility index (Phi) is 8.84. The molecule has 4 aliphatic rings. The summed E-state index contributed by atoms with van der Waals surface area (Å²) in [6.07, 6.45) is 6.76. The summed E-state index contributed by atoms with van der Waals surface area (Å²) in [6.45, 7) is 7.43. The molecule has 0 heterocycles. The van der Waals surface area contributed by atoms with Crippen LogP contribution in [0.1, 0.15) is 97.4 Å². The van der Waals surface area contributed by atoms with E-state index in [1.165, 1.54) is 110 Å². The van der Waals surface area contributed by atoms with E-state index in [0.717, 1.165) is 17.5 Å². The number of nitrogens with zero attached hydrogens (tertiary/aromatic N) is 1. The molecule has 0 amide bonds. The standard InChI is InChI=1S/C62H55N/c1-60(2)54-24-14-13-23-52(54)53-35-33-50(40-58(53)60)63(49-31-29-45(30-32-49)44-17-7-4-8-18-44)51-34-36-57-59(41-51)61(3,48-38-42-27-28-43(37-42)39-48)55-25-15-16-26-56(55)62(57,46-19-9-5-10-20-46)47-21-11-6-12-22-47/h4-26,29-36,40-43,48H,27-28,37-39H2,1-3H3/t42-,43+,48+,61-/m0/s1. The number of rotatable bonds is 7. The Morgan fingerprint density at radius 2 is 0.857 bits per heavy atom. The van der Waals surface area contributed by atoms with E-state index in [-0.39, 0.29) is 10.8 Å². The highest BCUT2D eigenvalue weighted by Gasteiger charge is 2.54. The van der Waals surface area contributed by atoms with Crippen LogP contribution in [0, 0.1) is 17.8 Å². The van der Waals surface area contributed by atoms with Crippen molar-refractivity contribution in [2.75, 3.05) is 4.90 Å².